The highest BCUT2D eigenvalue weighted by molar-refractivity contribution is 8.13. The van der Waals surface area contributed by atoms with Gasteiger partial charge in [-0.25, -0.2) is 8.42 Å². The van der Waals surface area contributed by atoms with Crippen molar-refractivity contribution in [1.82, 2.24) is 0 Å². The number of sulfone groups is 1. The topological polar surface area (TPSA) is 51.2 Å². The molecule has 0 amide bonds. The third-order valence-corrected chi connectivity index (χ3v) is 3.95. The molecule has 0 atom stereocenters. The summed E-state index contributed by atoms with van der Waals surface area (Å²) in [5, 5.41) is 0.0795. The van der Waals surface area contributed by atoms with Gasteiger partial charge in [-0.15, -0.1) is 0 Å². The number of rotatable bonds is 3. The minimum absolute atomic E-state index is 0.0795. The molecule has 0 aliphatic heterocycles. The average Bonchev–Trinajstić information content (AvgIpc) is 2.27. The smallest absolute Gasteiger partial charge is 0.185 e. The Balaban J connectivity index is 2.69. The molecular formula is C13H14O3S2. The highest BCUT2D eigenvalue weighted by Crippen LogP contribution is 2.10. The number of benzene rings is 1. The van der Waals surface area contributed by atoms with E-state index in [9.17, 15) is 13.2 Å². The predicted molar refractivity (Wildman–Crippen MR) is 74.2 cm³/mol. The fourth-order valence-electron chi connectivity index (χ4n) is 1.21. The highest BCUT2D eigenvalue weighted by atomic mass is 32.2. The molecular weight excluding hydrogens is 268 g/mol. The van der Waals surface area contributed by atoms with Crippen LogP contribution in [-0.4, -0.2) is 25.5 Å². The van der Waals surface area contributed by atoms with E-state index in [0.29, 0.717) is 17.7 Å². The molecule has 0 unspecified atom stereocenters. The van der Waals surface area contributed by atoms with Crippen molar-refractivity contribution < 1.29 is 13.2 Å². The minimum atomic E-state index is -3.19. The van der Waals surface area contributed by atoms with Crippen LogP contribution in [0.2, 0.25) is 0 Å². The van der Waals surface area contributed by atoms with Gasteiger partial charge in [-0.2, -0.15) is 0 Å². The Kier molecular flexibility index (Phi) is 5.45. The molecule has 0 spiro atoms. The number of hydrogen-bond acceptors (Lipinski definition) is 4. The van der Waals surface area contributed by atoms with Gasteiger partial charge in [0.15, 0.2) is 15.0 Å². The zero-order valence-electron chi connectivity index (χ0n) is 10.3. The average molecular weight is 282 g/mol. The summed E-state index contributed by atoms with van der Waals surface area (Å²) in [7, 11) is -3.19. The van der Waals surface area contributed by atoms with Crippen molar-refractivity contribution >= 4 is 26.7 Å². The van der Waals surface area contributed by atoms with Gasteiger partial charge in [0.2, 0.25) is 0 Å². The largest absolute Gasteiger partial charge is 0.288 e. The van der Waals surface area contributed by atoms with Crippen molar-refractivity contribution in [2.75, 3.05) is 12.0 Å². The molecule has 0 saturated heterocycles. The summed E-state index contributed by atoms with van der Waals surface area (Å²) in [6.45, 7) is 1.52. The van der Waals surface area contributed by atoms with Crippen molar-refractivity contribution in [3.05, 3.63) is 29.8 Å². The Bertz CT molecular complexity index is 592. The van der Waals surface area contributed by atoms with Gasteiger partial charge < -0.3 is 0 Å². The van der Waals surface area contributed by atoms with E-state index in [1.54, 1.807) is 24.3 Å². The van der Waals surface area contributed by atoms with Crippen LogP contribution in [0.15, 0.2) is 29.2 Å². The van der Waals surface area contributed by atoms with E-state index in [4.69, 9.17) is 0 Å². The normalized spacial score (nSPS) is 10.6. The van der Waals surface area contributed by atoms with Crippen molar-refractivity contribution in [3.8, 4) is 11.8 Å². The maximum absolute atomic E-state index is 11.3. The van der Waals surface area contributed by atoms with Crippen LogP contribution in [0.4, 0.5) is 0 Å². The molecule has 3 nitrogen and oxygen atoms in total. The second kappa shape index (κ2) is 6.62. The van der Waals surface area contributed by atoms with Crippen LogP contribution in [0.3, 0.4) is 0 Å². The number of carbonyl (C=O) groups excluding carboxylic acids is 1. The Labute approximate surface area is 112 Å². The van der Waals surface area contributed by atoms with E-state index < -0.39 is 9.84 Å². The Morgan fingerprint density at radius 2 is 2.11 bits per heavy atom. The Morgan fingerprint density at radius 1 is 1.39 bits per heavy atom. The van der Waals surface area contributed by atoms with Crippen LogP contribution in [0, 0.1) is 11.8 Å². The molecule has 0 bridgehead atoms. The molecule has 0 fully saturated rings. The molecule has 0 heterocycles. The first kappa shape index (κ1) is 14.8. The lowest BCUT2D eigenvalue weighted by Crippen LogP contribution is -1.96. The van der Waals surface area contributed by atoms with Crippen LogP contribution in [0.5, 0.6) is 0 Å². The summed E-state index contributed by atoms with van der Waals surface area (Å²) >= 11 is 1.24. The van der Waals surface area contributed by atoms with Gasteiger partial charge in [-0.05, 0) is 18.2 Å². The fourth-order valence-corrected chi connectivity index (χ4v) is 2.37. The van der Waals surface area contributed by atoms with Crippen molar-refractivity contribution in [2.24, 2.45) is 0 Å². The first-order valence-corrected chi connectivity index (χ1v) is 8.19. The van der Waals surface area contributed by atoms with E-state index in [-0.39, 0.29) is 10.0 Å². The molecule has 5 heteroatoms. The quantitative estimate of drug-likeness (QED) is 0.629. The monoisotopic (exact) mass is 282 g/mol. The lowest BCUT2D eigenvalue weighted by molar-refractivity contribution is -0.109. The molecule has 0 N–H and O–H groups in total. The Morgan fingerprint density at radius 3 is 2.72 bits per heavy atom. The molecule has 1 rings (SSSR count). The van der Waals surface area contributed by atoms with E-state index in [1.165, 1.54) is 24.9 Å². The summed E-state index contributed by atoms with van der Waals surface area (Å²) in [5.41, 5.74) is 0.672. The SMILES string of the molecule is CC(=O)SCCC#Cc1cccc(S(C)(=O)=O)c1. The summed E-state index contributed by atoms with van der Waals surface area (Å²) in [5.74, 6) is 6.47. The van der Waals surface area contributed by atoms with Gasteiger partial charge >= 0.3 is 0 Å². The summed E-state index contributed by atoms with van der Waals surface area (Å²) in [6.07, 6.45) is 1.77. The van der Waals surface area contributed by atoms with Crippen LogP contribution >= 0.6 is 11.8 Å². The second-order valence-corrected chi connectivity index (χ2v) is 6.98. The maximum atomic E-state index is 11.3. The van der Waals surface area contributed by atoms with E-state index >= 15 is 0 Å². The summed E-state index contributed by atoms with van der Waals surface area (Å²) < 4.78 is 22.7. The van der Waals surface area contributed by atoms with Crippen LogP contribution in [-0.2, 0) is 14.6 Å². The van der Waals surface area contributed by atoms with Crippen LogP contribution < -0.4 is 0 Å². The molecule has 0 aliphatic carbocycles. The van der Waals surface area contributed by atoms with Crippen LogP contribution in [0.25, 0.3) is 0 Å². The number of carbonyl (C=O) groups is 1. The van der Waals surface area contributed by atoms with Gasteiger partial charge in [-0.1, -0.05) is 29.7 Å². The fraction of sp³-hybridized carbons (Fsp3) is 0.308. The zero-order valence-corrected chi connectivity index (χ0v) is 11.9. The van der Waals surface area contributed by atoms with Crippen molar-refractivity contribution in [3.63, 3.8) is 0 Å². The molecule has 0 radical (unpaired) electrons. The van der Waals surface area contributed by atoms with Gasteiger partial charge in [0.1, 0.15) is 0 Å². The van der Waals surface area contributed by atoms with E-state index in [1.807, 2.05) is 0 Å². The first-order valence-electron chi connectivity index (χ1n) is 5.32. The molecule has 1 aromatic rings. The van der Waals surface area contributed by atoms with Gasteiger partial charge in [0.25, 0.3) is 0 Å². The number of hydrogen-bond donors (Lipinski definition) is 0. The predicted octanol–water partition coefficient (Wildman–Crippen LogP) is 2.11. The zero-order chi connectivity index (χ0) is 13.6. The lowest BCUT2D eigenvalue weighted by Gasteiger charge is -1.97. The molecule has 0 aromatic heterocycles. The highest BCUT2D eigenvalue weighted by Gasteiger charge is 2.05. The molecule has 18 heavy (non-hydrogen) atoms. The van der Waals surface area contributed by atoms with Crippen LogP contribution in [0.1, 0.15) is 18.9 Å². The molecule has 0 saturated carbocycles. The lowest BCUT2D eigenvalue weighted by atomic mass is 10.2. The van der Waals surface area contributed by atoms with Gasteiger partial charge in [0, 0.05) is 30.9 Å². The molecule has 1 aromatic carbocycles. The van der Waals surface area contributed by atoms with E-state index in [2.05, 4.69) is 11.8 Å². The summed E-state index contributed by atoms with van der Waals surface area (Å²) in [4.78, 5) is 11.0. The third kappa shape index (κ3) is 5.39. The molecule has 0 aliphatic rings. The van der Waals surface area contributed by atoms with Crippen molar-refractivity contribution in [2.45, 2.75) is 18.2 Å². The standard InChI is InChI=1S/C13H14O3S2/c1-11(14)17-9-4-3-6-12-7-5-8-13(10-12)18(2,15)16/h5,7-8,10H,4,9H2,1-2H3. The second-order valence-electron chi connectivity index (χ2n) is 3.69. The maximum Gasteiger partial charge on any atom is 0.185 e. The first-order chi connectivity index (χ1) is 8.39. The molecule has 96 valence electrons. The van der Waals surface area contributed by atoms with E-state index in [0.717, 1.165) is 0 Å². The Hall–Kier alpha value is -1.25. The van der Waals surface area contributed by atoms with Crippen molar-refractivity contribution in [1.29, 1.82) is 0 Å². The summed E-state index contributed by atoms with van der Waals surface area (Å²) in [6, 6.07) is 6.54. The van der Waals surface area contributed by atoms with Gasteiger partial charge in [-0.3, -0.25) is 4.79 Å². The van der Waals surface area contributed by atoms with Gasteiger partial charge in [0.05, 0.1) is 4.90 Å². The third-order valence-electron chi connectivity index (χ3n) is 2.03. The number of thioether (sulfide) groups is 1. The minimum Gasteiger partial charge on any atom is -0.288 e.